The summed E-state index contributed by atoms with van der Waals surface area (Å²) < 4.78 is 16.3. The average Bonchev–Trinajstić information content (AvgIpc) is 3.47. The fraction of sp³-hybridized carbons (Fsp3) is 0.208. The summed E-state index contributed by atoms with van der Waals surface area (Å²) in [6.45, 7) is 1.06. The first kappa shape index (κ1) is 21.2. The zero-order chi connectivity index (χ0) is 22.3. The van der Waals surface area contributed by atoms with E-state index in [-0.39, 0.29) is 11.8 Å². The van der Waals surface area contributed by atoms with Gasteiger partial charge >= 0.3 is 0 Å². The average molecular weight is 433 g/mol. The van der Waals surface area contributed by atoms with Crippen LogP contribution in [0.1, 0.15) is 34.5 Å². The second-order valence-corrected chi connectivity index (χ2v) is 7.19. The van der Waals surface area contributed by atoms with E-state index >= 15 is 0 Å². The molecule has 0 aliphatic carbocycles. The van der Waals surface area contributed by atoms with Gasteiger partial charge in [0, 0.05) is 30.3 Å². The van der Waals surface area contributed by atoms with Crippen LogP contribution in [0.3, 0.4) is 0 Å². The summed E-state index contributed by atoms with van der Waals surface area (Å²) in [5.41, 5.74) is 4.68. The molecule has 164 valence electrons. The van der Waals surface area contributed by atoms with Crippen molar-refractivity contribution in [1.29, 1.82) is 0 Å². The number of nitrogens with one attached hydrogen (secondary N) is 1. The van der Waals surface area contributed by atoms with Gasteiger partial charge in [-0.05, 0) is 54.4 Å². The van der Waals surface area contributed by atoms with Crippen molar-refractivity contribution in [1.82, 2.24) is 5.43 Å². The van der Waals surface area contributed by atoms with Crippen LogP contribution >= 0.6 is 0 Å². The molecule has 1 saturated heterocycles. The van der Waals surface area contributed by atoms with E-state index in [2.05, 4.69) is 10.5 Å². The van der Waals surface area contributed by atoms with Crippen molar-refractivity contribution in [2.45, 2.75) is 19.4 Å². The summed E-state index contributed by atoms with van der Waals surface area (Å²) in [5, 5.41) is 3.93. The Hall–Kier alpha value is -4.07. The normalized spacial score (nSPS) is 13.5. The predicted molar refractivity (Wildman–Crippen MR) is 119 cm³/mol. The third kappa shape index (κ3) is 5.15. The number of hydrogen-bond donors (Lipinski definition) is 1. The first-order valence-electron chi connectivity index (χ1n) is 10.2. The van der Waals surface area contributed by atoms with Crippen LogP contribution in [0.15, 0.2) is 70.2 Å². The van der Waals surface area contributed by atoms with Gasteiger partial charge in [0.2, 0.25) is 5.91 Å². The summed E-state index contributed by atoms with van der Waals surface area (Å²) >= 11 is 0. The van der Waals surface area contributed by atoms with E-state index in [4.69, 9.17) is 13.9 Å². The fourth-order valence-electron chi connectivity index (χ4n) is 3.29. The van der Waals surface area contributed by atoms with E-state index in [9.17, 15) is 9.59 Å². The van der Waals surface area contributed by atoms with Crippen LogP contribution < -0.4 is 19.8 Å². The molecule has 1 aromatic heterocycles. The van der Waals surface area contributed by atoms with Crippen LogP contribution in [0.5, 0.6) is 11.7 Å². The fourth-order valence-corrected chi connectivity index (χ4v) is 3.29. The van der Waals surface area contributed by atoms with E-state index in [1.54, 1.807) is 48.4 Å². The molecule has 1 aliphatic heterocycles. The maximum atomic E-state index is 12.3. The second-order valence-electron chi connectivity index (χ2n) is 7.19. The minimum atomic E-state index is -0.358. The molecule has 0 spiro atoms. The van der Waals surface area contributed by atoms with E-state index in [1.165, 1.54) is 6.21 Å². The number of carbonyl (C=O) groups is 2. The highest BCUT2D eigenvalue weighted by molar-refractivity contribution is 5.97. The van der Waals surface area contributed by atoms with Gasteiger partial charge in [-0.15, -0.1) is 0 Å². The maximum absolute atomic E-state index is 12.3. The number of furan rings is 1. The van der Waals surface area contributed by atoms with E-state index < -0.39 is 0 Å². The third-order valence-corrected chi connectivity index (χ3v) is 5.01. The molecule has 0 atom stereocenters. The van der Waals surface area contributed by atoms with Crippen molar-refractivity contribution in [3.05, 3.63) is 77.6 Å². The minimum absolute atomic E-state index is 0.109. The van der Waals surface area contributed by atoms with Crippen molar-refractivity contribution in [3.8, 4) is 11.7 Å². The van der Waals surface area contributed by atoms with Gasteiger partial charge in [-0.2, -0.15) is 5.10 Å². The largest absolute Gasteiger partial charge is 0.497 e. The molecule has 2 amide bonds. The second kappa shape index (κ2) is 9.82. The van der Waals surface area contributed by atoms with E-state index in [0.717, 1.165) is 23.4 Å². The van der Waals surface area contributed by atoms with Gasteiger partial charge in [-0.3, -0.25) is 9.59 Å². The number of methoxy groups -OCH3 is 1. The Labute approximate surface area is 185 Å². The summed E-state index contributed by atoms with van der Waals surface area (Å²) in [6, 6.07) is 17.8. The molecule has 2 heterocycles. The van der Waals surface area contributed by atoms with Crippen molar-refractivity contribution >= 4 is 23.7 Å². The van der Waals surface area contributed by atoms with Gasteiger partial charge in [0.05, 0.1) is 13.3 Å². The van der Waals surface area contributed by atoms with Crippen LogP contribution in [0.4, 0.5) is 5.69 Å². The maximum Gasteiger partial charge on any atom is 0.285 e. The number of nitrogens with zero attached hydrogens (tertiary/aromatic N) is 2. The molecule has 8 heteroatoms. The number of hydrazone groups is 1. The molecule has 32 heavy (non-hydrogen) atoms. The Kier molecular flexibility index (Phi) is 6.50. The van der Waals surface area contributed by atoms with Gasteiger partial charge in [-0.25, -0.2) is 5.43 Å². The standard InChI is InChI=1S/C24H23N3O5/c1-30-20-10-4-17(5-11-20)16-31-23-13-12-21(32-23)15-25-26-24(29)18-6-8-19(9-7-18)27-14-2-3-22(27)28/h4-13,15H,2-3,14,16H2,1H3,(H,26,29)/b25-15+. The Bertz CT molecular complexity index is 1100. The molecular formula is C24H23N3O5. The lowest BCUT2D eigenvalue weighted by atomic mass is 10.2. The Morgan fingerprint density at radius 3 is 2.59 bits per heavy atom. The van der Waals surface area contributed by atoms with Crippen molar-refractivity contribution < 1.29 is 23.5 Å². The van der Waals surface area contributed by atoms with E-state index in [1.807, 2.05) is 24.3 Å². The summed E-state index contributed by atoms with van der Waals surface area (Å²) in [4.78, 5) is 25.8. The van der Waals surface area contributed by atoms with Gasteiger partial charge in [0.1, 0.15) is 12.4 Å². The molecular weight excluding hydrogens is 410 g/mol. The van der Waals surface area contributed by atoms with Crippen LogP contribution in [0, 0.1) is 0 Å². The third-order valence-electron chi connectivity index (χ3n) is 5.01. The molecule has 8 nitrogen and oxygen atoms in total. The Morgan fingerprint density at radius 1 is 1.12 bits per heavy atom. The molecule has 1 fully saturated rings. The lowest BCUT2D eigenvalue weighted by molar-refractivity contribution is -0.117. The van der Waals surface area contributed by atoms with Crippen molar-refractivity contribution in [2.75, 3.05) is 18.6 Å². The molecule has 0 bridgehead atoms. The van der Waals surface area contributed by atoms with Gasteiger partial charge in [-0.1, -0.05) is 12.1 Å². The lowest BCUT2D eigenvalue weighted by Gasteiger charge is -2.15. The SMILES string of the molecule is COc1ccc(COc2ccc(/C=N/NC(=O)c3ccc(N4CCCC4=O)cc3)o2)cc1. The molecule has 1 N–H and O–H groups in total. The molecule has 0 unspecified atom stereocenters. The van der Waals surface area contributed by atoms with Crippen LogP contribution in [-0.2, 0) is 11.4 Å². The molecule has 2 aromatic carbocycles. The van der Waals surface area contributed by atoms with Crippen molar-refractivity contribution in [2.24, 2.45) is 5.10 Å². The highest BCUT2D eigenvalue weighted by Crippen LogP contribution is 2.21. The topological polar surface area (TPSA) is 93.4 Å². The van der Waals surface area contributed by atoms with Crippen LogP contribution in [0.25, 0.3) is 0 Å². The molecule has 0 radical (unpaired) electrons. The van der Waals surface area contributed by atoms with Gasteiger partial charge in [0.25, 0.3) is 11.9 Å². The highest BCUT2D eigenvalue weighted by atomic mass is 16.6. The number of amides is 2. The quantitative estimate of drug-likeness (QED) is 0.431. The van der Waals surface area contributed by atoms with E-state index in [0.29, 0.717) is 36.8 Å². The first-order chi connectivity index (χ1) is 15.6. The molecule has 4 rings (SSSR count). The first-order valence-corrected chi connectivity index (χ1v) is 10.2. The molecule has 3 aromatic rings. The van der Waals surface area contributed by atoms with Crippen LogP contribution in [0.2, 0.25) is 0 Å². The summed E-state index contributed by atoms with van der Waals surface area (Å²) in [6.07, 6.45) is 2.82. The molecule has 0 saturated carbocycles. The number of carbonyl (C=O) groups excluding carboxylic acids is 2. The zero-order valence-electron chi connectivity index (χ0n) is 17.6. The number of hydrogen-bond acceptors (Lipinski definition) is 6. The highest BCUT2D eigenvalue weighted by Gasteiger charge is 2.21. The number of ether oxygens (including phenoxy) is 2. The number of benzene rings is 2. The minimum Gasteiger partial charge on any atom is -0.497 e. The Balaban J connectivity index is 1.27. The van der Waals surface area contributed by atoms with Crippen LogP contribution in [-0.4, -0.2) is 31.7 Å². The van der Waals surface area contributed by atoms with Gasteiger partial charge in [0.15, 0.2) is 5.76 Å². The Morgan fingerprint density at radius 2 is 1.91 bits per heavy atom. The predicted octanol–water partition coefficient (Wildman–Crippen LogP) is 3.76. The summed E-state index contributed by atoms with van der Waals surface area (Å²) in [5.74, 6) is 1.32. The lowest BCUT2D eigenvalue weighted by Crippen LogP contribution is -2.24. The molecule has 1 aliphatic rings. The van der Waals surface area contributed by atoms with Crippen molar-refractivity contribution in [3.63, 3.8) is 0 Å². The summed E-state index contributed by atoms with van der Waals surface area (Å²) in [7, 11) is 1.62. The van der Waals surface area contributed by atoms with Gasteiger partial charge < -0.3 is 18.8 Å². The zero-order valence-corrected chi connectivity index (χ0v) is 17.6. The number of rotatable bonds is 8. The monoisotopic (exact) mass is 433 g/mol. The smallest absolute Gasteiger partial charge is 0.285 e. The number of anilines is 1.